The molecule has 0 aliphatic carbocycles. The van der Waals surface area contributed by atoms with E-state index in [1.165, 1.54) is 6.20 Å². The monoisotopic (exact) mass is 299 g/mol. The smallest absolute Gasteiger partial charge is 0.266 e. The number of aromatic amines is 1. The molecule has 1 aliphatic rings. The fourth-order valence-electron chi connectivity index (χ4n) is 2.44. The second kappa shape index (κ2) is 6.53. The molecule has 6 heteroatoms. The number of rotatable bonds is 4. The quantitative estimate of drug-likeness (QED) is 0.892. The first-order valence-electron chi connectivity index (χ1n) is 7.27. The van der Waals surface area contributed by atoms with E-state index in [1.807, 2.05) is 0 Å². The molecule has 1 fully saturated rings. The number of benzene rings is 1. The number of nitrogens with zero attached hydrogens (tertiary/aromatic N) is 1. The molecular formula is C16H17N3O3. The normalized spacial score (nSPS) is 17.4. The number of carbonyl (C=O) groups excluding carboxylic acids is 1. The number of H-pyrrole nitrogens is 1. The largest absolute Gasteiger partial charge is 0.376 e. The Hall–Kier alpha value is -2.47. The molecule has 114 valence electrons. The highest BCUT2D eigenvalue weighted by molar-refractivity contribution is 5.94. The van der Waals surface area contributed by atoms with E-state index >= 15 is 0 Å². The first-order valence-corrected chi connectivity index (χ1v) is 7.27. The fourth-order valence-corrected chi connectivity index (χ4v) is 2.44. The summed E-state index contributed by atoms with van der Waals surface area (Å²) in [4.78, 5) is 29.9. The van der Waals surface area contributed by atoms with Gasteiger partial charge in [-0.1, -0.05) is 12.1 Å². The van der Waals surface area contributed by atoms with Crippen LogP contribution >= 0.6 is 0 Å². The van der Waals surface area contributed by atoms with Crippen LogP contribution < -0.4 is 10.9 Å². The summed E-state index contributed by atoms with van der Waals surface area (Å²) in [7, 11) is 0. The summed E-state index contributed by atoms with van der Waals surface area (Å²) >= 11 is 0. The Bertz CT molecular complexity index is 703. The second-order valence-electron chi connectivity index (χ2n) is 5.23. The van der Waals surface area contributed by atoms with Gasteiger partial charge in [-0.15, -0.1) is 0 Å². The Morgan fingerprint density at radius 1 is 1.32 bits per heavy atom. The van der Waals surface area contributed by atoms with Gasteiger partial charge in [0.05, 0.1) is 24.2 Å². The molecule has 1 unspecified atom stereocenters. The summed E-state index contributed by atoms with van der Waals surface area (Å²) in [5.74, 6) is -0.123. The van der Waals surface area contributed by atoms with Crippen LogP contribution in [0.2, 0.25) is 0 Å². The zero-order chi connectivity index (χ0) is 15.4. The van der Waals surface area contributed by atoms with Gasteiger partial charge in [-0.05, 0) is 30.5 Å². The van der Waals surface area contributed by atoms with E-state index in [9.17, 15) is 9.59 Å². The summed E-state index contributed by atoms with van der Waals surface area (Å²) in [6, 6.07) is 7.03. The molecule has 0 bridgehead atoms. The van der Waals surface area contributed by atoms with E-state index in [4.69, 9.17) is 4.74 Å². The molecule has 1 aromatic carbocycles. The van der Waals surface area contributed by atoms with Crippen molar-refractivity contribution in [3.63, 3.8) is 0 Å². The first-order chi connectivity index (χ1) is 10.7. The van der Waals surface area contributed by atoms with Gasteiger partial charge < -0.3 is 15.0 Å². The predicted molar refractivity (Wildman–Crippen MR) is 81.6 cm³/mol. The minimum atomic E-state index is -0.254. The Labute approximate surface area is 127 Å². The van der Waals surface area contributed by atoms with Crippen molar-refractivity contribution in [2.24, 2.45) is 0 Å². The third kappa shape index (κ3) is 3.40. The van der Waals surface area contributed by atoms with Crippen molar-refractivity contribution in [2.45, 2.75) is 18.9 Å². The summed E-state index contributed by atoms with van der Waals surface area (Å²) < 4.78 is 5.47. The predicted octanol–water partition coefficient (Wildman–Crippen LogP) is 1.35. The SMILES string of the molecule is O=C(NCC1CCCO1)c1ccc(-c2cncc(=O)[nH]2)cc1. The van der Waals surface area contributed by atoms with Crippen molar-refractivity contribution in [1.82, 2.24) is 15.3 Å². The lowest BCUT2D eigenvalue weighted by molar-refractivity contribution is 0.0858. The van der Waals surface area contributed by atoms with Gasteiger partial charge in [0.25, 0.3) is 11.5 Å². The summed E-state index contributed by atoms with van der Waals surface area (Å²) in [6.07, 6.45) is 4.97. The van der Waals surface area contributed by atoms with Gasteiger partial charge >= 0.3 is 0 Å². The molecule has 1 atom stereocenters. The van der Waals surface area contributed by atoms with Gasteiger partial charge in [-0.2, -0.15) is 0 Å². The highest BCUT2D eigenvalue weighted by Crippen LogP contribution is 2.15. The van der Waals surface area contributed by atoms with Crippen LogP contribution in [0, 0.1) is 0 Å². The molecule has 0 radical (unpaired) electrons. The maximum Gasteiger partial charge on any atom is 0.266 e. The number of amides is 1. The van der Waals surface area contributed by atoms with E-state index in [-0.39, 0.29) is 17.6 Å². The van der Waals surface area contributed by atoms with E-state index in [0.717, 1.165) is 25.0 Å². The highest BCUT2D eigenvalue weighted by atomic mass is 16.5. The molecule has 3 rings (SSSR count). The van der Waals surface area contributed by atoms with Crippen LogP contribution in [-0.2, 0) is 4.74 Å². The Morgan fingerprint density at radius 2 is 2.14 bits per heavy atom. The number of hydrogen-bond donors (Lipinski definition) is 2. The summed E-state index contributed by atoms with van der Waals surface area (Å²) in [5.41, 5.74) is 1.75. The van der Waals surface area contributed by atoms with Gasteiger partial charge in [-0.25, -0.2) is 0 Å². The molecule has 0 saturated carbocycles. The number of aromatic nitrogens is 2. The van der Waals surface area contributed by atoms with Crippen LogP contribution in [0.25, 0.3) is 11.3 Å². The van der Waals surface area contributed by atoms with Crippen molar-refractivity contribution in [1.29, 1.82) is 0 Å². The van der Waals surface area contributed by atoms with Gasteiger partial charge in [0.15, 0.2) is 0 Å². The minimum absolute atomic E-state index is 0.123. The maximum atomic E-state index is 12.1. The van der Waals surface area contributed by atoms with Crippen molar-refractivity contribution >= 4 is 5.91 Å². The number of ether oxygens (including phenoxy) is 1. The lowest BCUT2D eigenvalue weighted by Crippen LogP contribution is -2.31. The molecule has 0 spiro atoms. The molecule has 2 heterocycles. The Morgan fingerprint density at radius 3 is 2.82 bits per heavy atom. The molecule has 2 aromatic rings. The summed E-state index contributed by atoms with van der Waals surface area (Å²) in [6.45, 7) is 1.31. The lowest BCUT2D eigenvalue weighted by Gasteiger charge is -2.11. The molecule has 6 nitrogen and oxygen atoms in total. The zero-order valence-electron chi connectivity index (χ0n) is 12.0. The third-order valence-corrected chi connectivity index (χ3v) is 3.63. The van der Waals surface area contributed by atoms with Gasteiger partial charge in [-0.3, -0.25) is 14.6 Å². The van der Waals surface area contributed by atoms with Crippen LogP contribution in [-0.4, -0.2) is 35.1 Å². The van der Waals surface area contributed by atoms with Crippen molar-refractivity contribution < 1.29 is 9.53 Å². The van der Waals surface area contributed by atoms with Crippen LogP contribution in [0.4, 0.5) is 0 Å². The molecule has 1 aromatic heterocycles. The van der Waals surface area contributed by atoms with Crippen molar-refractivity contribution in [2.75, 3.05) is 13.2 Å². The average Bonchev–Trinajstić information content (AvgIpc) is 3.06. The van der Waals surface area contributed by atoms with Crippen LogP contribution in [0.5, 0.6) is 0 Å². The van der Waals surface area contributed by atoms with Gasteiger partial charge in [0.2, 0.25) is 0 Å². The van der Waals surface area contributed by atoms with E-state index < -0.39 is 0 Å². The first kappa shape index (κ1) is 14.5. The Balaban J connectivity index is 1.65. The standard InChI is InChI=1S/C16H17N3O3/c20-15-10-17-9-14(19-15)11-3-5-12(6-4-11)16(21)18-8-13-2-1-7-22-13/h3-6,9-10,13H,1-2,7-8H2,(H,18,21)(H,19,20). The molecule has 1 aliphatic heterocycles. The third-order valence-electron chi connectivity index (χ3n) is 3.63. The maximum absolute atomic E-state index is 12.1. The lowest BCUT2D eigenvalue weighted by atomic mass is 10.1. The van der Waals surface area contributed by atoms with Crippen molar-refractivity contribution in [3.05, 3.63) is 52.6 Å². The van der Waals surface area contributed by atoms with Gasteiger partial charge in [0.1, 0.15) is 0 Å². The second-order valence-corrected chi connectivity index (χ2v) is 5.23. The van der Waals surface area contributed by atoms with Crippen LogP contribution in [0.1, 0.15) is 23.2 Å². The average molecular weight is 299 g/mol. The molecule has 1 saturated heterocycles. The molecular weight excluding hydrogens is 282 g/mol. The summed E-state index contributed by atoms with van der Waals surface area (Å²) in [5, 5.41) is 2.88. The number of hydrogen-bond acceptors (Lipinski definition) is 4. The molecule has 2 N–H and O–H groups in total. The van der Waals surface area contributed by atoms with Crippen LogP contribution in [0.15, 0.2) is 41.5 Å². The zero-order valence-corrected chi connectivity index (χ0v) is 12.0. The fraction of sp³-hybridized carbons (Fsp3) is 0.312. The minimum Gasteiger partial charge on any atom is -0.376 e. The molecule has 1 amide bonds. The van der Waals surface area contributed by atoms with Crippen molar-refractivity contribution in [3.8, 4) is 11.3 Å². The topological polar surface area (TPSA) is 84.1 Å². The van der Waals surface area contributed by atoms with E-state index in [0.29, 0.717) is 17.8 Å². The van der Waals surface area contributed by atoms with E-state index in [2.05, 4.69) is 15.3 Å². The van der Waals surface area contributed by atoms with Crippen LogP contribution in [0.3, 0.4) is 0 Å². The highest BCUT2D eigenvalue weighted by Gasteiger charge is 2.16. The molecule has 22 heavy (non-hydrogen) atoms. The van der Waals surface area contributed by atoms with E-state index in [1.54, 1.807) is 30.5 Å². The number of carbonyl (C=O) groups is 1. The van der Waals surface area contributed by atoms with Gasteiger partial charge in [0, 0.05) is 18.7 Å². The number of nitrogens with one attached hydrogen (secondary N) is 2. The Kier molecular flexibility index (Phi) is 4.29.